The summed E-state index contributed by atoms with van der Waals surface area (Å²) in [5, 5.41) is 17.0. The minimum absolute atomic E-state index is 0.154. The smallest absolute Gasteiger partial charge is 0.478 e. The van der Waals surface area contributed by atoms with Crippen LogP contribution in [-0.4, -0.2) is 22.3 Å². The number of rotatable bonds is 3. The fourth-order valence-corrected chi connectivity index (χ4v) is 1.12. The number of aromatic carboxylic acids is 1. The Kier molecular flexibility index (Phi) is 3.28. The third kappa shape index (κ3) is 2.98. The van der Waals surface area contributed by atoms with Crippen LogP contribution in [0.3, 0.4) is 0 Å². The molecule has 0 aliphatic carbocycles. The molecule has 0 amide bonds. The Labute approximate surface area is 85.9 Å². The zero-order valence-corrected chi connectivity index (χ0v) is 8.01. The van der Waals surface area contributed by atoms with Crippen molar-refractivity contribution in [3.8, 4) is 0 Å². The van der Waals surface area contributed by atoms with Gasteiger partial charge in [0, 0.05) is 0 Å². The first-order chi connectivity index (χ1) is 7.00. The molecule has 1 unspecified atom stereocenters. The number of benzene rings is 1. The van der Waals surface area contributed by atoms with E-state index in [1.165, 1.54) is 24.3 Å². The summed E-state index contributed by atoms with van der Waals surface area (Å²) in [7, 11) is 0. The van der Waals surface area contributed by atoms with Gasteiger partial charge in [0.05, 0.1) is 5.56 Å². The van der Waals surface area contributed by atoms with Crippen LogP contribution >= 0.6 is 0 Å². The Morgan fingerprint density at radius 1 is 1.20 bits per heavy atom. The Balaban J connectivity index is 2.79. The van der Waals surface area contributed by atoms with Crippen molar-refractivity contribution in [1.82, 2.24) is 0 Å². The molecule has 0 aliphatic heterocycles. The zero-order valence-electron chi connectivity index (χ0n) is 8.01. The molecule has 0 bridgehead atoms. The normalized spacial score (nSPS) is 11.8. The molecule has 5 heteroatoms. The molecule has 2 N–H and O–H groups in total. The van der Waals surface area contributed by atoms with Crippen LogP contribution in [0.15, 0.2) is 24.3 Å². The fraction of sp³-hybridized carbons (Fsp3) is 0.200. The van der Waals surface area contributed by atoms with Crippen molar-refractivity contribution in [3.63, 3.8) is 0 Å². The average Bonchev–Trinajstić information content (AvgIpc) is 2.17. The van der Waals surface area contributed by atoms with Gasteiger partial charge in [0.2, 0.25) is 0 Å². The number of hydrogen-bond acceptors (Lipinski definition) is 3. The third-order valence-corrected chi connectivity index (χ3v) is 1.90. The maximum Gasteiger partial charge on any atom is 0.506 e. The second kappa shape index (κ2) is 4.45. The third-order valence-electron chi connectivity index (χ3n) is 1.90. The van der Waals surface area contributed by atoms with Gasteiger partial charge in [0.1, 0.15) is 6.10 Å². The van der Waals surface area contributed by atoms with Crippen molar-refractivity contribution in [3.05, 3.63) is 35.4 Å². The van der Waals surface area contributed by atoms with Crippen molar-refractivity contribution in [2.45, 2.75) is 13.0 Å². The van der Waals surface area contributed by atoms with E-state index in [1.54, 1.807) is 6.92 Å². The number of carboxylic acids is 1. The zero-order chi connectivity index (χ0) is 11.4. The molecule has 15 heavy (non-hydrogen) atoms. The molecule has 1 atom stereocenters. The van der Waals surface area contributed by atoms with Gasteiger partial charge in [-0.25, -0.2) is 9.59 Å². The molecule has 0 fully saturated rings. The SMILES string of the molecule is CC(OC(=O)O)c1ccc(C(=O)O)cc1. The maximum absolute atomic E-state index is 10.5. The first kappa shape index (κ1) is 11.0. The van der Waals surface area contributed by atoms with Crippen LogP contribution in [0.5, 0.6) is 0 Å². The van der Waals surface area contributed by atoms with E-state index in [4.69, 9.17) is 10.2 Å². The van der Waals surface area contributed by atoms with Gasteiger partial charge in [-0.2, -0.15) is 0 Å². The minimum atomic E-state index is -1.36. The molecule has 80 valence electrons. The lowest BCUT2D eigenvalue weighted by atomic mass is 10.1. The first-order valence-electron chi connectivity index (χ1n) is 4.23. The highest BCUT2D eigenvalue weighted by Gasteiger charge is 2.10. The Morgan fingerprint density at radius 3 is 2.13 bits per heavy atom. The topological polar surface area (TPSA) is 83.8 Å². The Hall–Kier alpha value is -2.04. The molecule has 1 aromatic carbocycles. The highest BCUT2D eigenvalue weighted by molar-refractivity contribution is 5.87. The van der Waals surface area contributed by atoms with Crippen LogP contribution in [0.4, 0.5) is 4.79 Å². The van der Waals surface area contributed by atoms with Gasteiger partial charge in [0.15, 0.2) is 0 Å². The minimum Gasteiger partial charge on any atom is -0.478 e. The standard InChI is InChI=1S/C10H10O5/c1-6(15-10(13)14)7-2-4-8(5-3-7)9(11)12/h2-6H,1H3,(H,11,12)(H,13,14). The van der Waals surface area contributed by atoms with E-state index in [2.05, 4.69) is 4.74 Å². The molecule has 0 aliphatic rings. The molecular weight excluding hydrogens is 200 g/mol. The summed E-state index contributed by atoms with van der Waals surface area (Å²) >= 11 is 0. The van der Waals surface area contributed by atoms with Crippen LogP contribution in [0.25, 0.3) is 0 Å². The van der Waals surface area contributed by atoms with Crippen LogP contribution in [0.1, 0.15) is 28.9 Å². The lowest BCUT2D eigenvalue weighted by Crippen LogP contribution is -2.06. The molecule has 5 nitrogen and oxygen atoms in total. The van der Waals surface area contributed by atoms with Crippen molar-refractivity contribution in [2.24, 2.45) is 0 Å². The highest BCUT2D eigenvalue weighted by Crippen LogP contribution is 2.17. The van der Waals surface area contributed by atoms with Gasteiger partial charge in [-0.3, -0.25) is 0 Å². The summed E-state index contributed by atoms with van der Waals surface area (Å²) in [6.45, 7) is 1.57. The molecule has 0 aromatic heterocycles. The van der Waals surface area contributed by atoms with Gasteiger partial charge in [-0.15, -0.1) is 0 Å². The molecule has 1 rings (SSSR count). The fourth-order valence-electron chi connectivity index (χ4n) is 1.12. The molecule has 0 saturated carbocycles. The van der Waals surface area contributed by atoms with E-state index in [-0.39, 0.29) is 5.56 Å². The van der Waals surface area contributed by atoms with E-state index in [0.29, 0.717) is 5.56 Å². The molecule has 0 spiro atoms. The van der Waals surface area contributed by atoms with Gasteiger partial charge in [-0.1, -0.05) is 12.1 Å². The summed E-state index contributed by atoms with van der Waals surface area (Å²) in [5.41, 5.74) is 0.767. The molecule has 0 heterocycles. The Bertz CT molecular complexity index is 368. The average molecular weight is 210 g/mol. The molecular formula is C10H10O5. The van der Waals surface area contributed by atoms with Crippen LogP contribution in [0.2, 0.25) is 0 Å². The van der Waals surface area contributed by atoms with Crippen LogP contribution < -0.4 is 0 Å². The number of carbonyl (C=O) groups is 2. The van der Waals surface area contributed by atoms with Crippen molar-refractivity contribution >= 4 is 12.1 Å². The van der Waals surface area contributed by atoms with E-state index in [0.717, 1.165) is 0 Å². The summed E-state index contributed by atoms with van der Waals surface area (Å²) in [6.07, 6.45) is -1.96. The maximum atomic E-state index is 10.5. The lowest BCUT2D eigenvalue weighted by molar-refractivity contribution is 0.0584. The van der Waals surface area contributed by atoms with Crippen LogP contribution in [-0.2, 0) is 4.74 Å². The van der Waals surface area contributed by atoms with Gasteiger partial charge in [0.25, 0.3) is 0 Å². The molecule has 0 saturated heterocycles. The number of carboxylic acid groups (broad SMARTS) is 2. The quantitative estimate of drug-likeness (QED) is 0.746. The van der Waals surface area contributed by atoms with E-state index in [9.17, 15) is 9.59 Å². The second-order valence-corrected chi connectivity index (χ2v) is 2.95. The summed E-state index contributed by atoms with van der Waals surface area (Å²) < 4.78 is 4.51. The van der Waals surface area contributed by atoms with Crippen LogP contribution in [0, 0.1) is 0 Å². The molecule has 0 radical (unpaired) electrons. The second-order valence-electron chi connectivity index (χ2n) is 2.95. The van der Waals surface area contributed by atoms with Crippen molar-refractivity contribution in [1.29, 1.82) is 0 Å². The first-order valence-corrected chi connectivity index (χ1v) is 4.23. The monoisotopic (exact) mass is 210 g/mol. The van der Waals surface area contributed by atoms with Crippen molar-refractivity contribution in [2.75, 3.05) is 0 Å². The summed E-state index contributed by atoms with van der Waals surface area (Å²) in [6, 6.07) is 5.85. The Morgan fingerprint density at radius 2 is 1.73 bits per heavy atom. The van der Waals surface area contributed by atoms with E-state index in [1.807, 2.05) is 0 Å². The predicted molar refractivity (Wildman–Crippen MR) is 50.9 cm³/mol. The van der Waals surface area contributed by atoms with Crippen molar-refractivity contribution < 1.29 is 24.5 Å². The number of hydrogen-bond donors (Lipinski definition) is 2. The largest absolute Gasteiger partial charge is 0.506 e. The summed E-state index contributed by atoms with van der Waals surface area (Å²) in [4.78, 5) is 20.8. The van der Waals surface area contributed by atoms with E-state index < -0.39 is 18.2 Å². The number of ether oxygens (including phenoxy) is 1. The predicted octanol–water partition coefficient (Wildman–Crippen LogP) is 2.14. The van der Waals surface area contributed by atoms with E-state index >= 15 is 0 Å². The van der Waals surface area contributed by atoms with Gasteiger partial charge < -0.3 is 14.9 Å². The highest BCUT2D eigenvalue weighted by atomic mass is 16.7. The summed E-state index contributed by atoms with van der Waals surface area (Å²) in [5.74, 6) is -1.02. The van der Waals surface area contributed by atoms with Gasteiger partial charge in [-0.05, 0) is 24.6 Å². The lowest BCUT2D eigenvalue weighted by Gasteiger charge is -2.10. The van der Waals surface area contributed by atoms with Gasteiger partial charge >= 0.3 is 12.1 Å². The molecule has 1 aromatic rings.